The number of aryl methyl sites for hydroxylation is 1. The summed E-state index contributed by atoms with van der Waals surface area (Å²) in [7, 11) is 1.30. The van der Waals surface area contributed by atoms with Crippen LogP contribution in [0.5, 0.6) is 0 Å². The number of nitrogens with zero attached hydrogens (tertiary/aromatic N) is 2. The number of halogens is 4. The Morgan fingerprint density at radius 2 is 1.81 bits per heavy atom. The van der Waals surface area contributed by atoms with Gasteiger partial charge in [0.15, 0.2) is 0 Å². The van der Waals surface area contributed by atoms with Crippen molar-refractivity contribution >= 4 is 28.5 Å². The molecule has 3 rings (SSSR count). The number of alkyl halides is 3. The lowest BCUT2D eigenvalue weighted by Gasteiger charge is -2.21. The van der Waals surface area contributed by atoms with E-state index in [1.54, 1.807) is 0 Å². The lowest BCUT2D eigenvalue weighted by atomic mass is 10.0. The minimum Gasteiger partial charge on any atom is -0.480 e. The summed E-state index contributed by atoms with van der Waals surface area (Å²) in [5.41, 5.74) is -2.57. The number of anilines is 1. The highest BCUT2D eigenvalue weighted by Gasteiger charge is 2.32. The molecule has 0 aliphatic rings. The van der Waals surface area contributed by atoms with Gasteiger partial charge in [-0.3, -0.25) is 19.0 Å². The molecule has 1 heterocycles. The largest absolute Gasteiger partial charge is 0.480 e. The van der Waals surface area contributed by atoms with E-state index in [4.69, 9.17) is 0 Å². The highest BCUT2D eigenvalue weighted by atomic mass is 19.4. The summed E-state index contributed by atoms with van der Waals surface area (Å²) in [5, 5.41) is 9.29. The van der Waals surface area contributed by atoms with E-state index < -0.39 is 47.1 Å². The third-order valence-electron chi connectivity index (χ3n) is 4.86. The molecule has 1 amide bonds. The number of aromatic nitrogens is 1. The second-order valence-corrected chi connectivity index (χ2v) is 6.86. The molecule has 0 aliphatic heterocycles. The standard InChI is InChI=1S/C21H16F4N2O4/c1-11-15-7-6-12(21(23,24)25)8-16(15)27(10-17(28)29)20(31)18(11)19(30)26(2)14-5-3-4-13(22)9-14/h3-9H,10H2,1-2H3,(H,28,29). The van der Waals surface area contributed by atoms with Crippen LogP contribution in [0.15, 0.2) is 47.3 Å². The number of carbonyl (C=O) groups excluding carboxylic acids is 1. The molecular weight excluding hydrogens is 420 g/mol. The summed E-state index contributed by atoms with van der Waals surface area (Å²) in [6.07, 6.45) is -4.71. The van der Waals surface area contributed by atoms with Crippen LogP contribution in [-0.2, 0) is 17.5 Å². The minimum absolute atomic E-state index is 0.0867. The average Bonchev–Trinajstić information content (AvgIpc) is 2.69. The highest BCUT2D eigenvalue weighted by molar-refractivity contribution is 6.08. The SMILES string of the molecule is Cc1c(C(=O)N(C)c2cccc(F)c2)c(=O)n(CC(=O)O)c2cc(C(F)(F)F)ccc12. The molecule has 0 bridgehead atoms. The molecule has 162 valence electrons. The number of amides is 1. The molecule has 0 saturated carbocycles. The Morgan fingerprint density at radius 1 is 1.13 bits per heavy atom. The van der Waals surface area contributed by atoms with Crippen LogP contribution in [0.25, 0.3) is 10.9 Å². The van der Waals surface area contributed by atoms with Crippen LogP contribution in [0, 0.1) is 12.7 Å². The number of pyridine rings is 1. The van der Waals surface area contributed by atoms with Crippen molar-refractivity contribution in [3.8, 4) is 0 Å². The van der Waals surface area contributed by atoms with Crippen LogP contribution in [0.3, 0.4) is 0 Å². The van der Waals surface area contributed by atoms with Crippen LogP contribution < -0.4 is 10.5 Å². The van der Waals surface area contributed by atoms with Crippen molar-refractivity contribution in [3.63, 3.8) is 0 Å². The van der Waals surface area contributed by atoms with Crippen LogP contribution in [0.2, 0.25) is 0 Å². The summed E-state index contributed by atoms with van der Waals surface area (Å²) in [5.74, 6) is -2.94. The second kappa shape index (κ2) is 7.86. The fraction of sp³-hybridized carbons (Fsp3) is 0.190. The number of carboxylic acid groups (broad SMARTS) is 1. The normalized spacial score (nSPS) is 11.5. The van der Waals surface area contributed by atoms with Gasteiger partial charge in [-0.25, -0.2) is 4.39 Å². The first-order chi connectivity index (χ1) is 14.4. The number of rotatable bonds is 4. The number of benzene rings is 2. The summed E-state index contributed by atoms with van der Waals surface area (Å²) < 4.78 is 53.6. The Bertz CT molecular complexity index is 1260. The molecule has 0 fully saturated rings. The molecule has 3 aromatic rings. The first kappa shape index (κ1) is 22.0. The second-order valence-electron chi connectivity index (χ2n) is 6.86. The predicted octanol–water partition coefficient (Wildman–Crippen LogP) is 3.83. The Labute approximate surface area is 172 Å². The Kier molecular flexibility index (Phi) is 5.58. The smallest absolute Gasteiger partial charge is 0.416 e. The molecule has 1 N–H and O–H groups in total. The first-order valence-electron chi connectivity index (χ1n) is 8.91. The molecule has 0 unspecified atom stereocenters. The molecule has 0 radical (unpaired) electrons. The fourth-order valence-electron chi connectivity index (χ4n) is 3.30. The predicted molar refractivity (Wildman–Crippen MR) is 105 cm³/mol. The zero-order valence-corrected chi connectivity index (χ0v) is 16.3. The third-order valence-corrected chi connectivity index (χ3v) is 4.86. The van der Waals surface area contributed by atoms with Crippen LogP contribution in [-0.4, -0.2) is 28.6 Å². The molecule has 0 aliphatic carbocycles. The first-order valence-corrected chi connectivity index (χ1v) is 8.91. The molecule has 0 atom stereocenters. The molecular formula is C21H16F4N2O4. The highest BCUT2D eigenvalue weighted by Crippen LogP contribution is 2.32. The maximum atomic E-state index is 13.5. The van der Waals surface area contributed by atoms with E-state index in [1.807, 2.05) is 0 Å². The van der Waals surface area contributed by atoms with Crippen molar-refractivity contribution in [2.45, 2.75) is 19.6 Å². The van der Waals surface area contributed by atoms with Crippen molar-refractivity contribution in [2.75, 3.05) is 11.9 Å². The lowest BCUT2D eigenvalue weighted by Crippen LogP contribution is -2.37. The van der Waals surface area contributed by atoms with Gasteiger partial charge in [0.05, 0.1) is 11.1 Å². The number of hydrogen-bond donors (Lipinski definition) is 1. The van der Waals surface area contributed by atoms with Gasteiger partial charge in [-0.05, 0) is 42.8 Å². The maximum Gasteiger partial charge on any atom is 0.416 e. The van der Waals surface area contributed by atoms with E-state index in [1.165, 1.54) is 32.2 Å². The molecule has 0 spiro atoms. The van der Waals surface area contributed by atoms with Gasteiger partial charge in [-0.15, -0.1) is 0 Å². The van der Waals surface area contributed by atoms with Crippen molar-refractivity contribution in [1.29, 1.82) is 0 Å². The van der Waals surface area contributed by atoms with Crippen molar-refractivity contribution < 1.29 is 32.3 Å². The van der Waals surface area contributed by atoms with E-state index in [0.717, 1.165) is 23.1 Å². The van der Waals surface area contributed by atoms with Crippen LogP contribution in [0.1, 0.15) is 21.5 Å². The molecule has 1 aromatic heterocycles. The topological polar surface area (TPSA) is 79.6 Å². The van der Waals surface area contributed by atoms with Crippen molar-refractivity contribution in [1.82, 2.24) is 4.57 Å². The van der Waals surface area contributed by atoms with E-state index >= 15 is 0 Å². The fourth-order valence-corrected chi connectivity index (χ4v) is 3.30. The molecule has 2 aromatic carbocycles. The molecule has 6 nitrogen and oxygen atoms in total. The quantitative estimate of drug-likeness (QED) is 0.631. The van der Waals surface area contributed by atoms with Crippen LogP contribution >= 0.6 is 0 Å². The van der Waals surface area contributed by atoms with E-state index in [2.05, 4.69) is 0 Å². The summed E-state index contributed by atoms with van der Waals surface area (Å²) in [6, 6.07) is 7.59. The van der Waals surface area contributed by atoms with E-state index in [9.17, 15) is 37.1 Å². The maximum absolute atomic E-state index is 13.5. The van der Waals surface area contributed by atoms with Gasteiger partial charge in [-0.1, -0.05) is 12.1 Å². The number of carboxylic acids is 1. The van der Waals surface area contributed by atoms with Crippen molar-refractivity contribution in [3.05, 3.63) is 75.3 Å². The average molecular weight is 436 g/mol. The molecule has 10 heteroatoms. The van der Waals surface area contributed by atoms with Crippen molar-refractivity contribution in [2.24, 2.45) is 0 Å². The monoisotopic (exact) mass is 436 g/mol. The van der Waals surface area contributed by atoms with E-state index in [0.29, 0.717) is 10.6 Å². The summed E-state index contributed by atoms with van der Waals surface area (Å²) in [4.78, 5) is 38.4. The van der Waals surface area contributed by atoms with Crippen LogP contribution in [0.4, 0.5) is 23.2 Å². The summed E-state index contributed by atoms with van der Waals surface area (Å²) >= 11 is 0. The minimum atomic E-state index is -4.71. The summed E-state index contributed by atoms with van der Waals surface area (Å²) in [6.45, 7) is 0.440. The van der Waals surface area contributed by atoms with Gasteiger partial charge in [0, 0.05) is 18.1 Å². The van der Waals surface area contributed by atoms with E-state index in [-0.39, 0.29) is 22.2 Å². The van der Waals surface area contributed by atoms with Gasteiger partial charge in [-0.2, -0.15) is 13.2 Å². The van der Waals surface area contributed by atoms with Gasteiger partial charge in [0.1, 0.15) is 17.9 Å². The zero-order valence-electron chi connectivity index (χ0n) is 16.3. The molecule has 31 heavy (non-hydrogen) atoms. The number of hydrogen-bond acceptors (Lipinski definition) is 3. The van der Waals surface area contributed by atoms with Gasteiger partial charge >= 0.3 is 12.1 Å². The Hall–Kier alpha value is -3.69. The number of aliphatic carboxylic acids is 1. The zero-order chi connectivity index (χ0) is 23.1. The number of carbonyl (C=O) groups is 2. The van der Waals surface area contributed by atoms with Gasteiger partial charge in [0.25, 0.3) is 11.5 Å². The lowest BCUT2D eigenvalue weighted by molar-refractivity contribution is -0.138. The van der Waals surface area contributed by atoms with Gasteiger partial charge < -0.3 is 10.0 Å². The third kappa shape index (κ3) is 4.14. The Morgan fingerprint density at radius 3 is 2.39 bits per heavy atom. The van der Waals surface area contributed by atoms with Gasteiger partial charge in [0.2, 0.25) is 0 Å². The molecule has 0 saturated heterocycles. The Balaban J connectivity index is 2.28. The number of fused-ring (bicyclic) bond motifs is 1.